The Bertz CT molecular complexity index is 933. The Morgan fingerprint density at radius 3 is 2.47 bits per heavy atom. The average molecular weight is 425 g/mol. The first kappa shape index (κ1) is 23.4. The lowest BCUT2D eigenvalue weighted by Gasteiger charge is -2.13. The zero-order valence-corrected chi connectivity index (χ0v) is 17.1. The number of allylic oxidation sites excluding steroid dienone is 1. The molecule has 0 amide bonds. The molecule has 0 atom stereocenters. The molecule has 0 spiro atoms. The summed E-state index contributed by atoms with van der Waals surface area (Å²) in [6.07, 6.45) is 8.30. The Labute approximate surface area is 172 Å². The topological polar surface area (TPSA) is 88.9 Å². The van der Waals surface area contributed by atoms with Gasteiger partial charge in [-0.2, -0.15) is 13.2 Å². The van der Waals surface area contributed by atoms with E-state index >= 15 is 0 Å². The van der Waals surface area contributed by atoms with Crippen molar-refractivity contribution in [3.8, 4) is 0 Å². The predicted octanol–water partition coefficient (Wildman–Crippen LogP) is 2.78. The van der Waals surface area contributed by atoms with Crippen molar-refractivity contribution < 1.29 is 32.4 Å². The maximum absolute atomic E-state index is 12.6. The van der Waals surface area contributed by atoms with E-state index in [1.54, 1.807) is 0 Å². The zero-order chi connectivity index (χ0) is 22.3. The molecule has 1 aliphatic carbocycles. The molecule has 0 aliphatic heterocycles. The lowest BCUT2D eigenvalue weighted by molar-refractivity contribution is -0.671. The van der Waals surface area contributed by atoms with E-state index in [1.165, 1.54) is 32.1 Å². The van der Waals surface area contributed by atoms with Gasteiger partial charge in [0.2, 0.25) is 11.5 Å². The maximum atomic E-state index is 12.6. The monoisotopic (exact) mass is 425 g/mol. The maximum Gasteiger partial charge on any atom is 0.430 e. The van der Waals surface area contributed by atoms with Gasteiger partial charge in [0.15, 0.2) is 6.20 Å². The third kappa shape index (κ3) is 5.84. The number of alkyl halides is 3. The van der Waals surface area contributed by atoms with Crippen molar-refractivity contribution in [3.63, 3.8) is 0 Å². The molecule has 2 aromatic rings. The van der Waals surface area contributed by atoms with E-state index in [2.05, 4.69) is 21.8 Å². The number of pyridine rings is 1. The molecule has 2 N–H and O–H groups in total. The van der Waals surface area contributed by atoms with Crippen LogP contribution in [0.5, 0.6) is 0 Å². The molecule has 2 heterocycles. The number of nitrogens with zero attached hydrogens (tertiary/aromatic N) is 1. The first-order valence-electron chi connectivity index (χ1n) is 9.95. The van der Waals surface area contributed by atoms with Crippen LogP contribution in [0.2, 0.25) is 0 Å². The third-order valence-corrected chi connectivity index (χ3v) is 4.85. The highest BCUT2D eigenvalue weighted by molar-refractivity contribution is 6.20. The molecule has 3 rings (SSSR count). The van der Waals surface area contributed by atoms with E-state index in [-0.39, 0.29) is 5.78 Å². The summed E-state index contributed by atoms with van der Waals surface area (Å²) in [7, 11) is 2.02. The number of carboxylic acids is 1. The van der Waals surface area contributed by atoms with Gasteiger partial charge in [0.05, 0.1) is 11.1 Å². The number of aromatic nitrogens is 2. The van der Waals surface area contributed by atoms with E-state index in [0.717, 1.165) is 29.4 Å². The number of carbonyl (C=O) groups excluding carboxylic acids is 2. The van der Waals surface area contributed by atoms with Gasteiger partial charge < -0.3 is 20.2 Å². The molecule has 1 aliphatic rings. The summed E-state index contributed by atoms with van der Waals surface area (Å²) in [5.41, 5.74) is 2.50. The number of aliphatic carboxylic acids is 1. The molecule has 6 nitrogen and oxygen atoms in total. The lowest BCUT2D eigenvalue weighted by atomic mass is 10.0. The first-order chi connectivity index (χ1) is 14.2. The minimum atomic E-state index is -5.19. The minimum absolute atomic E-state index is 0.0738. The quantitative estimate of drug-likeness (QED) is 0.503. The molecule has 0 radical (unpaired) electrons. The molecule has 30 heavy (non-hydrogen) atoms. The van der Waals surface area contributed by atoms with Gasteiger partial charge in [-0.1, -0.05) is 39.0 Å². The molecule has 0 saturated heterocycles. The summed E-state index contributed by atoms with van der Waals surface area (Å²) in [5, 5.41) is 14.2. The standard InChI is InChI=1S/C19H25N3O.C2HF3O2/c1-3-4-5-6-7-8-10-20-15-12-16-17-14(9-11-22(16)2)13-21-18(17)19(15)23;3-2(4,5)1(6)7/h9,11-13H,3-8,10H2,1-2H3,(H,20,21,23);(H,6,7). The van der Waals surface area contributed by atoms with Crippen LogP contribution in [0.3, 0.4) is 0 Å². The van der Waals surface area contributed by atoms with Crippen LogP contribution in [-0.2, 0) is 11.8 Å². The van der Waals surface area contributed by atoms with Crippen molar-refractivity contribution in [1.82, 2.24) is 10.3 Å². The fourth-order valence-electron chi connectivity index (χ4n) is 3.24. The number of ketones is 1. The molecule has 0 bridgehead atoms. The van der Waals surface area contributed by atoms with E-state index in [9.17, 15) is 18.0 Å². The Hall–Kier alpha value is -2.84. The number of H-pyrrole nitrogens is 1. The predicted molar refractivity (Wildman–Crippen MR) is 104 cm³/mol. The minimum Gasteiger partial charge on any atom is -0.542 e. The van der Waals surface area contributed by atoms with Gasteiger partial charge in [-0.3, -0.25) is 4.79 Å². The Kier molecular flexibility index (Phi) is 8.02. The van der Waals surface area contributed by atoms with Crippen molar-refractivity contribution in [2.75, 3.05) is 6.54 Å². The normalized spacial score (nSPS) is 13.0. The summed E-state index contributed by atoms with van der Waals surface area (Å²) in [4.78, 5) is 24.5. The van der Waals surface area contributed by atoms with Crippen molar-refractivity contribution >= 4 is 28.6 Å². The zero-order valence-electron chi connectivity index (χ0n) is 17.1. The Morgan fingerprint density at radius 1 is 1.20 bits per heavy atom. The number of carbonyl (C=O) groups is 2. The summed E-state index contributed by atoms with van der Waals surface area (Å²) in [5.74, 6) is -2.93. The van der Waals surface area contributed by atoms with Gasteiger partial charge in [0.1, 0.15) is 18.7 Å². The second-order valence-electron chi connectivity index (χ2n) is 7.17. The average Bonchev–Trinajstić information content (AvgIpc) is 3.11. The van der Waals surface area contributed by atoms with Gasteiger partial charge in [0.25, 0.3) is 0 Å². The van der Waals surface area contributed by atoms with E-state index in [4.69, 9.17) is 9.90 Å². The van der Waals surface area contributed by atoms with Crippen LogP contribution in [0.4, 0.5) is 13.2 Å². The van der Waals surface area contributed by atoms with Gasteiger partial charge >= 0.3 is 6.18 Å². The number of aryl methyl sites for hydroxylation is 1. The van der Waals surface area contributed by atoms with Crippen LogP contribution in [0.25, 0.3) is 16.8 Å². The highest BCUT2D eigenvalue weighted by Gasteiger charge is 2.29. The molecule has 0 saturated carbocycles. The number of carboxylic acid groups (broad SMARTS) is 1. The third-order valence-electron chi connectivity index (χ3n) is 4.85. The number of halogens is 3. The Balaban J connectivity index is 0.000000396. The lowest BCUT2D eigenvalue weighted by Crippen LogP contribution is -2.37. The number of rotatable bonds is 8. The fourth-order valence-corrected chi connectivity index (χ4v) is 3.24. The molecule has 2 aromatic heterocycles. The summed E-state index contributed by atoms with van der Waals surface area (Å²) in [6.45, 7) is 3.09. The molecule has 0 aromatic carbocycles. The van der Waals surface area contributed by atoms with Crippen molar-refractivity contribution in [2.24, 2.45) is 7.05 Å². The molecular weight excluding hydrogens is 399 g/mol. The summed E-state index contributed by atoms with van der Waals surface area (Å²) < 4.78 is 33.6. The molecule has 0 unspecified atom stereocenters. The largest absolute Gasteiger partial charge is 0.542 e. The molecule has 164 valence electrons. The van der Waals surface area contributed by atoms with Crippen molar-refractivity contribution in [1.29, 1.82) is 0 Å². The number of aromatic amines is 1. The van der Waals surface area contributed by atoms with Crippen LogP contribution < -0.4 is 15.0 Å². The molecule has 9 heteroatoms. The molecular formula is C21H26F3N3O3. The number of unbranched alkanes of at least 4 members (excludes halogenated alkanes) is 5. The van der Waals surface area contributed by atoms with Crippen LogP contribution >= 0.6 is 0 Å². The van der Waals surface area contributed by atoms with Crippen molar-refractivity contribution in [2.45, 2.75) is 51.6 Å². The number of nitrogens with one attached hydrogen (secondary N) is 2. The van der Waals surface area contributed by atoms with E-state index in [1.807, 2.05) is 31.6 Å². The fraction of sp³-hybridized carbons (Fsp3) is 0.476. The summed E-state index contributed by atoms with van der Waals surface area (Å²) >= 11 is 0. The van der Waals surface area contributed by atoms with Gasteiger partial charge in [-0.15, -0.1) is 0 Å². The number of hydrogen-bond donors (Lipinski definition) is 2. The SMILES string of the molecule is CCCCCCCCNC1=Cc2c3c([nH]cc3cc[n+]2C)C1=O.O=C([O-])C(F)(F)F. The number of Topliss-reactive ketones (excluding diaryl/α,β-unsaturated/α-hetero) is 1. The Morgan fingerprint density at radius 2 is 1.83 bits per heavy atom. The van der Waals surface area contributed by atoms with Gasteiger partial charge in [-0.05, 0) is 6.42 Å². The first-order valence-corrected chi connectivity index (χ1v) is 9.95. The smallest absolute Gasteiger partial charge is 0.430 e. The highest BCUT2D eigenvalue weighted by Crippen LogP contribution is 2.27. The molecule has 0 fully saturated rings. The van der Waals surface area contributed by atoms with E-state index < -0.39 is 12.1 Å². The van der Waals surface area contributed by atoms with Gasteiger partial charge in [0, 0.05) is 30.3 Å². The van der Waals surface area contributed by atoms with Crippen LogP contribution in [0.15, 0.2) is 24.2 Å². The van der Waals surface area contributed by atoms with Gasteiger partial charge in [-0.25, -0.2) is 4.57 Å². The second kappa shape index (κ2) is 10.3. The second-order valence-corrected chi connectivity index (χ2v) is 7.17. The van der Waals surface area contributed by atoms with E-state index in [0.29, 0.717) is 11.4 Å². The van der Waals surface area contributed by atoms with Crippen LogP contribution in [-0.4, -0.2) is 29.5 Å². The van der Waals surface area contributed by atoms with Crippen LogP contribution in [0.1, 0.15) is 61.6 Å². The summed E-state index contributed by atoms with van der Waals surface area (Å²) in [6, 6.07) is 2.04. The van der Waals surface area contributed by atoms with Crippen LogP contribution in [0, 0.1) is 0 Å². The van der Waals surface area contributed by atoms with Crippen molar-refractivity contribution in [3.05, 3.63) is 35.5 Å². The highest BCUT2D eigenvalue weighted by atomic mass is 19.4. The number of hydrogen-bond acceptors (Lipinski definition) is 4.